The van der Waals surface area contributed by atoms with E-state index >= 15 is 0 Å². The van der Waals surface area contributed by atoms with Crippen LogP contribution in [0.4, 0.5) is 0 Å². The lowest BCUT2D eigenvalue weighted by Crippen LogP contribution is -2.39. The van der Waals surface area contributed by atoms with Crippen LogP contribution >= 0.6 is 12.4 Å². The molecule has 3 rings (SSSR count). The number of amides is 1. The van der Waals surface area contributed by atoms with Gasteiger partial charge in [-0.25, -0.2) is 0 Å². The van der Waals surface area contributed by atoms with Crippen LogP contribution in [-0.4, -0.2) is 32.1 Å². The highest BCUT2D eigenvalue weighted by Gasteiger charge is 2.32. The molecule has 0 bridgehead atoms. The molecule has 0 aliphatic carbocycles. The Hall–Kier alpha value is -1.10. The van der Waals surface area contributed by atoms with Gasteiger partial charge in [0.1, 0.15) is 0 Å². The van der Waals surface area contributed by atoms with Gasteiger partial charge in [-0.1, -0.05) is 29.8 Å². The molecule has 0 radical (unpaired) electrons. The van der Waals surface area contributed by atoms with Crippen LogP contribution < -0.4 is 10.6 Å². The predicted octanol–water partition coefficient (Wildman–Crippen LogP) is 3.39. The molecule has 4 nitrogen and oxygen atoms in total. The van der Waals surface area contributed by atoms with Crippen LogP contribution in [0.1, 0.15) is 49.3 Å². The van der Waals surface area contributed by atoms with Crippen LogP contribution in [0.5, 0.6) is 0 Å². The van der Waals surface area contributed by atoms with Gasteiger partial charge in [-0.3, -0.25) is 4.79 Å². The molecule has 1 aromatic rings. The molecule has 0 saturated carbocycles. The minimum absolute atomic E-state index is 0. The number of ether oxygens (including phenoxy) is 1. The number of hydrogen-bond donors (Lipinski definition) is 2. The molecule has 25 heavy (non-hydrogen) atoms. The average Bonchev–Trinajstić information content (AvgIpc) is 2.63. The summed E-state index contributed by atoms with van der Waals surface area (Å²) in [5, 5.41) is 6.60. The lowest BCUT2D eigenvalue weighted by Gasteiger charge is -2.31. The van der Waals surface area contributed by atoms with Gasteiger partial charge in [0.2, 0.25) is 5.91 Å². The number of rotatable bonds is 5. The molecule has 2 heterocycles. The number of carbonyl (C=O) groups is 1. The number of piperidine rings is 1. The quantitative estimate of drug-likeness (QED) is 0.839. The highest BCUT2D eigenvalue weighted by atomic mass is 35.5. The molecule has 0 spiro atoms. The first-order valence-electron chi connectivity index (χ1n) is 9.40. The van der Waals surface area contributed by atoms with Crippen molar-refractivity contribution in [3.8, 4) is 0 Å². The van der Waals surface area contributed by atoms with Crippen LogP contribution in [0.15, 0.2) is 24.3 Å². The van der Waals surface area contributed by atoms with E-state index in [1.807, 2.05) is 0 Å². The standard InChI is InChI=1S/C20H30N2O2.ClH/c1-15-6-8-17(9-7-15)19-18(5-3-13-24-19)20(23)22-12-10-16-4-2-11-21-14-16;/h6-9,16,18-19,21H,2-5,10-14H2,1H3,(H,22,23);1H. The summed E-state index contributed by atoms with van der Waals surface area (Å²) in [5.41, 5.74) is 2.36. The van der Waals surface area contributed by atoms with Crippen molar-refractivity contribution < 1.29 is 9.53 Å². The normalized spacial score (nSPS) is 26.5. The van der Waals surface area contributed by atoms with Gasteiger partial charge in [0.05, 0.1) is 12.0 Å². The summed E-state index contributed by atoms with van der Waals surface area (Å²) in [7, 11) is 0. The van der Waals surface area contributed by atoms with Crippen molar-refractivity contribution in [1.29, 1.82) is 0 Å². The second-order valence-electron chi connectivity index (χ2n) is 7.24. The van der Waals surface area contributed by atoms with Crippen LogP contribution in [-0.2, 0) is 9.53 Å². The smallest absolute Gasteiger partial charge is 0.226 e. The first-order chi connectivity index (χ1) is 11.7. The Morgan fingerprint density at radius 3 is 2.76 bits per heavy atom. The zero-order valence-corrected chi connectivity index (χ0v) is 15.9. The summed E-state index contributed by atoms with van der Waals surface area (Å²) in [4.78, 5) is 12.7. The second-order valence-corrected chi connectivity index (χ2v) is 7.24. The number of benzene rings is 1. The molecule has 140 valence electrons. The molecular formula is C20H31ClN2O2. The van der Waals surface area contributed by atoms with Crippen molar-refractivity contribution >= 4 is 18.3 Å². The van der Waals surface area contributed by atoms with E-state index in [1.165, 1.54) is 18.4 Å². The Kier molecular flexibility index (Phi) is 8.20. The van der Waals surface area contributed by atoms with Gasteiger partial charge in [-0.05, 0) is 63.6 Å². The van der Waals surface area contributed by atoms with Crippen molar-refractivity contribution in [2.24, 2.45) is 11.8 Å². The van der Waals surface area contributed by atoms with Crippen LogP contribution in [0.3, 0.4) is 0 Å². The average molecular weight is 367 g/mol. The second kappa shape index (κ2) is 10.1. The maximum Gasteiger partial charge on any atom is 0.226 e. The van der Waals surface area contributed by atoms with Gasteiger partial charge in [-0.15, -0.1) is 12.4 Å². The third-order valence-corrected chi connectivity index (χ3v) is 5.32. The van der Waals surface area contributed by atoms with Gasteiger partial charge in [0, 0.05) is 13.2 Å². The Bertz CT molecular complexity index is 529. The van der Waals surface area contributed by atoms with E-state index in [9.17, 15) is 4.79 Å². The number of aryl methyl sites for hydroxylation is 1. The van der Waals surface area contributed by atoms with E-state index < -0.39 is 0 Å². The summed E-state index contributed by atoms with van der Waals surface area (Å²) in [6.07, 6.45) is 5.38. The molecule has 2 aliphatic heterocycles. The van der Waals surface area contributed by atoms with Gasteiger partial charge >= 0.3 is 0 Å². The Labute approximate surface area is 157 Å². The molecule has 3 atom stereocenters. The first kappa shape index (κ1) is 20.2. The third kappa shape index (κ3) is 5.70. The van der Waals surface area contributed by atoms with E-state index in [0.29, 0.717) is 5.92 Å². The van der Waals surface area contributed by atoms with Crippen molar-refractivity contribution in [3.05, 3.63) is 35.4 Å². The lowest BCUT2D eigenvalue weighted by atomic mass is 9.88. The lowest BCUT2D eigenvalue weighted by molar-refractivity contribution is -0.134. The van der Waals surface area contributed by atoms with Crippen molar-refractivity contribution in [2.75, 3.05) is 26.2 Å². The van der Waals surface area contributed by atoms with Crippen molar-refractivity contribution in [3.63, 3.8) is 0 Å². The van der Waals surface area contributed by atoms with Gasteiger partial charge in [0.25, 0.3) is 0 Å². The maximum absolute atomic E-state index is 12.7. The molecule has 3 unspecified atom stereocenters. The third-order valence-electron chi connectivity index (χ3n) is 5.32. The SMILES string of the molecule is Cc1ccc(C2OCCCC2C(=O)NCCC2CCCNC2)cc1.Cl. The van der Waals surface area contributed by atoms with Gasteiger partial charge < -0.3 is 15.4 Å². The van der Waals surface area contributed by atoms with Crippen LogP contribution in [0, 0.1) is 18.8 Å². The minimum atomic E-state index is -0.101. The largest absolute Gasteiger partial charge is 0.373 e. The summed E-state index contributed by atoms with van der Waals surface area (Å²) < 4.78 is 5.96. The van der Waals surface area contributed by atoms with E-state index in [2.05, 4.69) is 41.8 Å². The van der Waals surface area contributed by atoms with E-state index in [-0.39, 0.29) is 30.3 Å². The Balaban J connectivity index is 0.00000225. The highest BCUT2D eigenvalue weighted by molar-refractivity contribution is 5.85. The fraction of sp³-hybridized carbons (Fsp3) is 0.650. The zero-order chi connectivity index (χ0) is 16.8. The summed E-state index contributed by atoms with van der Waals surface area (Å²) >= 11 is 0. The molecular weight excluding hydrogens is 336 g/mol. The molecule has 2 saturated heterocycles. The minimum Gasteiger partial charge on any atom is -0.373 e. The Morgan fingerprint density at radius 2 is 2.04 bits per heavy atom. The van der Waals surface area contributed by atoms with Gasteiger partial charge in [0.15, 0.2) is 0 Å². The maximum atomic E-state index is 12.7. The van der Waals surface area contributed by atoms with Gasteiger partial charge in [-0.2, -0.15) is 0 Å². The fourth-order valence-electron chi connectivity index (χ4n) is 3.84. The molecule has 1 amide bonds. The Morgan fingerprint density at radius 1 is 1.24 bits per heavy atom. The molecule has 2 fully saturated rings. The molecule has 5 heteroatoms. The first-order valence-corrected chi connectivity index (χ1v) is 9.40. The molecule has 1 aromatic carbocycles. The highest BCUT2D eigenvalue weighted by Crippen LogP contribution is 2.34. The van der Waals surface area contributed by atoms with E-state index in [0.717, 1.165) is 51.1 Å². The van der Waals surface area contributed by atoms with Crippen molar-refractivity contribution in [1.82, 2.24) is 10.6 Å². The van der Waals surface area contributed by atoms with E-state index in [4.69, 9.17) is 4.74 Å². The molecule has 0 aromatic heterocycles. The fourth-order valence-corrected chi connectivity index (χ4v) is 3.84. The van der Waals surface area contributed by atoms with Crippen LogP contribution in [0.2, 0.25) is 0 Å². The monoisotopic (exact) mass is 366 g/mol. The number of carbonyl (C=O) groups excluding carboxylic acids is 1. The summed E-state index contributed by atoms with van der Waals surface area (Å²) in [6, 6.07) is 8.38. The van der Waals surface area contributed by atoms with Crippen molar-refractivity contribution in [2.45, 2.75) is 45.1 Å². The number of halogens is 1. The number of hydrogen-bond acceptors (Lipinski definition) is 3. The topological polar surface area (TPSA) is 50.4 Å². The van der Waals surface area contributed by atoms with Crippen LogP contribution in [0.25, 0.3) is 0 Å². The summed E-state index contributed by atoms with van der Waals surface area (Å²) in [5.74, 6) is 0.796. The summed E-state index contributed by atoms with van der Waals surface area (Å²) in [6.45, 7) is 5.84. The zero-order valence-electron chi connectivity index (χ0n) is 15.1. The molecule has 2 N–H and O–H groups in total. The predicted molar refractivity (Wildman–Crippen MR) is 103 cm³/mol. The van der Waals surface area contributed by atoms with E-state index in [1.54, 1.807) is 0 Å². The molecule has 2 aliphatic rings. The number of nitrogens with one attached hydrogen (secondary N) is 2.